The first-order valence-electron chi connectivity index (χ1n) is 9.66. The Labute approximate surface area is 185 Å². The molecule has 5 nitrogen and oxygen atoms in total. The summed E-state index contributed by atoms with van der Waals surface area (Å²) in [6.07, 6.45) is 1.50. The number of fused-ring (bicyclic) bond motifs is 1. The highest BCUT2D eigenvalue weighted by Crippen LogP contribution is 2.41. The second-order valence-corrected chi connectivity index (χ2v) is 7.95. The van der Waals surface area contributed by atoms with E-state index in [0.29, 0.717) is 16.5 Å². The van der Waals surface area contributed by atoms with Crippen LogP contribution in [0.1, 0.15) is 19.4 Å². The molecular weight excluding hydrogens is 410 g/mol. The van der Waals surface area contributed by atoms with E-state index in [4.69, 9.17) is 11.6 Å². The van der Waals surface area contributed by atoms with Crippen molar-refractivity contribution in [3.63, 3.8) is 0 Å². The molecule has 4 rings (SSSR count). The highest BCUT2D eigenvalue weighted by Gasteiger charge is 2.20. The van der Waals surface area contributed by atoms with E-state index in [1.54, 1.807) is 26.0 Å². The maximum absolute atomic E-state index is 9.94. The van der Waals surface area contributed by atoms with E-state index in [9.17, 15) is 10.2 Å². The molecule has 31 heavy (non-hydrogen) atoms. The number of hydrogen-bond acceptors (Lipinski definition) is 5. The van der Waals surface area contributed by atoms with Crippen molar-refractivity contribution in [3.8, 4) is 17.6 Å². The Hall–Kier alpha value is -3.59. The van der Waals surface area contributed by atoms with Crippen LogP contribution in [0.5, 0.6) is 5.75 Å². The van der Waals surface area contributed by atoms with Crippen molar-refractivity contribution in [3.05, 3.63) is 83.6 Å². The lowest BCUT2D eigenvalue weighted by atomic mass is 10.1. The van der Waals surface area contributed by atoms with Crippen LogP contribution in [0.3, 0.4) is 0 Å². The summed E-state index contributed by atoms with van der Waals surface area (Å²) in [5.74, 6) is 6.54. The second-order valence-electron chi connectivity index (χ2n) is 7.54. The van der Waals surface area contributed by atoms with Gasteiger partial charge < -0.3 is 10.2 Å². The van der Waals surface area contributed by atoms with Crippen molar-refractivity contribution in [1.82, 2.24) is 9.97 Å². The smallest absolute Gasteiger partial charge is 0.148 e. The van der Waals surface area contributed by atoms with Crippen molar-refractivity contribution in [2.24, 2.45) is 0 Å². The first kappa shape index (κ1) is 20.7. The SMILES string of the molecule is CC(C)(O)C#Cc1ccc2ncnc(N(c3ccccc3)c3ccc(O)cc3Cl)c2c1. The van der Waals surface area contributed by atoms with Crippen LogP contribution in [0.25, 0.3) is 10.9 Å². The third kappa shape index (κ3) is 4.61. The van der Waals surface area contributed by atoms with E-state index in [0.717, 1.165) is 22.2 Å². The monoisotopic (exact) mass is 429 g/mol. The van der Waals surface area contributed by atoms with Gasteiger partial charge in [-0.15, -0.1) is 0 Å². The van der Waals surface area contributed by atoms with Crippen molar-refractivity contribution in [2.75, 3.05) is 4.90 Å². The first-order valence-corrected chi connectivity index (χ1v) is 10.0. The number of nitrogens with zero attached hydrogens (tertiary/aromatic N) is 3. The fraction of sp³-hybridized carbons (Fsp3) is 0.120. The summed E-state index contributed by atoms with van der Waals surface area (Å²) in [5, 5.41) is 20.9. The lowest BCUT2D eigenvalue weighted by Gasteiger charge is -2.26. The molecule has 1 aromatic heterocycles. The lowest BCUT2D eigenvalue weighted by molar-refractivity contribution is 0.143. The number of phenolic OH excluding ortho intramolecular Hbond substituents is 1. The average molecular weight is 430 g/mol. The van der Waals surface area contributed by atoms with Crippen LogP contribution in [-0.2, 0) is 0 Å². The van der Waals surface area contributed by atoms with Gasteiger partial charge in [-0.05, 0) is 56.3 Å². The number of hydrogen-bond donors (Lipinski definition) is 2. The fourth-order valence-electron chi connectivity index (χ4n) is 3.15. The highest BCUT2D eigenvalue weighted by molar-refractivity contribution is 6.33. The van der Waals surface area contributed by atoms with Gasteiger partial charge in [0.05, 0.1) is 16.2 Å². The van der Waals surface area contributed by atoms with Gasteiger partial charge in [0.25, 0.3) is 0 Å². The minimum atomic E-state index is -1.10. The van der Waals surface area contributed by atoms with E-state index in [-0.39, 0.29) is 5.75 Å². The summed E-state index contributed by atoms with van der Waals surface area (Å²) in [6.45, 7) is 3.28. The molecule has 3 aromatic carbocycles. The van der Waals surface area contributed by atoms with E-state index >= 15 is 0 Å². The van der Waals surface area contributed by atoms with Crippen molar-refractivity contribution in [2.45, 2.75) is 19.4 Å². The van der Waals surface area contributed by atoms with Crippen molar-refractivity contribution in [1.29, 1.82) is 0 Å². The Kier molecular flexibility index (Phi) is 5.51. The maximum Gasteiger partial charge on any atom is 0.148 e. The highest BCUT2D eigenvalue weighted by atomic mass is 35.5. The van der Waals surface area contributed by atoms with Gasteiger partial charge in [0, 0.05) is 22.7 Å². The molecule has 0 spiro atoms. The lowest BCUT2D eigenvalue weighted by Crippen LogP contribution is -2.14. The molecule has 0 aliphatic heterocycles. The molecule has 0 unspecified atom stereocenters. The number of aromatic hydroxyl groups is 1. The summed E-state index contributed by atoms with van der Waals surface area (Å²) in [6, 6.07) is 20.2. The quantitative estimate of drug-likeness (QED) is 0.416. The van der Waals surface area contributed by atoms with Gasteiger partial charge in [-0.1, -0.05) is 41.6 Å². The molecule has 0 fully saturated rings. The second kappa shape index (κ2) is 8.27. The van der Waals surface area contributed by atoms with Crippen LogP contribution in [0, 0.1) is 11.8 Å². The van der Waals surface area contributed by atoms with E-state index in [2.05, 4.69) is 21.8 Å². The summed E-state index contributed by atoms with van der Waals surface area (Å²) in [4.78, 5) is 10.9. The number of rotatable bonds is 3. The maximum atomic E-state index is 9.94. The molecule has 0 saturated heterocycles. The fourth-order valence-corrected chi connectivity index (χ4v) is 3.41. The molecule has 1 heterocycles. The Balaban J connectivity index is 1.96. The van der Waals surface area contributed by atoms with E-state index in [1.807, 2.05) is 53.4 Å². The van der Waals surface area contributed by atoms with Gasteiger partial charge in [-0.3, -0.25) is 4.90 Å². The standard InChI is InChI=1S/C25H20ClN3O2/c1-25(2,31)13-12-17-8-10-22-20(14-17)24(28-16-27-22)29(18-6-4-3-5-7-18)23-11-9-19(30)15-21(23)26/h3-11,14-16,30-31H,1-2H3. The first-order chi connectivity index (χ1) is 14.8. The summed E-state index contributed by atoms with van der Waals surface area (Å²) >= 11 is 6.51. The van der Waals surface area contributed by atoms with Crippen LogP contribution < -0.4 is 4.90 Å². The molecule has 0 aliphatic carbocycles. The molecule has 0 atom stereocenters. The number of aromatic nitrogens is 2. The van der Waals surface area contributed by atoms with Gasteiger partial charge in [0.1, 0.15) is 23.5 Å². The number of halogens is 1. The minimum absolute atomic E-state index is 0.0819. The topological polar surface area (TPSA) is 69.5 Å². The predicted octanol–water partition coefficient (Wildman–Crippen LogP) is 5.58. The van der Waals surface area contributed by atoms with Gasteiger partial charge in [-0.2, -0.15) is 0 Å². The summed E-state index contributed by atoms with van der Waals surface area (Å²) in [5.41, 5.74) is 1.90. The molecule has 154 valence electrons. The normalized spacial score (nSPS) is 11.1. The predicted molar refractivity (Wildman–Crippen MR) is 124 cm³/mol. The molecule has 0 saturated carbocycles. The number of anilines is 3. The molecule has 0 bridgehead atoms. The Morgan fingerprint density at radius 2 is 1.74 bits per heavy atom. The van der Waals surface area contributed by atoms with Crippen LogP contribution in [0.2, 0.25) is 5.02 Å². The van der Waals surface area contributed by atoms with Gasteiger partial charge >= 0.3 is 0 Å². The van der Waals surface area contributed by atoms with Gasteiger partial charge in [0.2, 0.25) is 0 Å². The number of benzene rings is 3. The molecule has 2 N–H and O–H groups in total. The molecule has 0 radical (unpaired) electrons. The van der Waals surface area contributed by atoms with Gasteiger partial charge in [-0.25, -0.2) is 9.97 Å². The van der Waals surface area contributed by atoms with Gasteiger partial charge in [0.15, 0.2) is 0 Å². The van der Waals surface area contributed by atoms with Crippen LogP contribution >= 0.6 is 11.6 Å². The molecular formula is C25H20ClN3O2. The average Bonchev–Trinajstić information content (AvgIpc) is 2.74. The summed E-state index contributed by atoms with van der Waals surface area (Å²) < 4.78 is 0. The minimum Gasteiger partial charge on any atom is -0.508 e. The zero-order chi connectivity index (χ0) is 22.0. The van der Waals surface area contributed by atoms with Crippen LogP contribution in [-0.4, -0.2) is 25.8 Å². The zero-order valence-electron chi connectivity index (χ0n) is 17.0. The summed E-state index contributed by atoms with van der Waals surface area (Å²) in [7, 11) is 0. The third-order valence-electron chi connectivity index (χ3n) is 4.53. The van der Waals surface area contributed by atoms with E-state index in [1.165, 1.54) is 12.4 Å². The Morgan fingerprint density at radius 3 is 2.45 bits per heavy atom. The van der Waals surface area contributed by atoms with Crippen LogP contribution in [0.15, 0.2) is 73.1 Å². The van der Waals surface area contributed by atoms with Crippen LogP contribution in [0.4, 0.5) is 17.2 Å². The number of para-hydroxylation sites is 1. The van der Waals surface area contributed by atoms with Crippen molar-refractivity contribution < 1.29 is 10.2 Å². The zero-order valence-corrected chi connectivity index (χ0v) is 17.8. The molecule has 0 amide bonds. The number of aliphatic hydroxyl groups is 1. The third-order valence-corrected chi connectivity index (χ3v) is 4.83. The molecule has 4 aromatic rings. The van der Waals surface area contributed by atoms with Crippen molar-refractivity contribution >= 4 is 39.7 Å². The van der Waals surface area contributed by atoms with E-state index < -0.39 is 5.60 Å². The largest absolute Gasteiger partial charge is 0.508 e. The molecule has 0 aliphatic rings. The Morgan fingerprint density at radius 1 is 0.968 bits per heavy atom. The molecule has 6 heteroatoms. The Bertz CT molecular complexity index is 1310. The number of phenols is 1.